The summed E-state index contributed by atoms with van der Waals surface area (Å²) in [4.78, 5) is 23.4. The topological polar surface area (TPSA) is 51.2 Å². The maximum Gasteiger partial charge on any atom is 0.242 e. The predicted octanol–water partition coefficient (Wildman–Crippen LogP) is 1.90. The number of piperidine rings is 1. The molecule has 1 N–H and O–H groups in total. The third kappa shape index (κ3) is 5.59. The average molecular weight is 392 g/mol. The maximum absolute atomic E-state index is 12.6. The molecule has 2 aliphatic rings. The van der Waals surface area contributed by atoms with E-state index < -0.39 is 0 Å². The van der Waals surface area contributed by atoms with Gasteiger partial charge in [0, 0.05) is 38.2 Å². The highest BCUT2D eigenvalue weighted by molar-refractivity contribution is 6.30. The predicted molar refractivity (Wildman–Crippen MR) is 110 cm³/mol. The molecule has 3 rings (SSSR count). The van der Waals surface area contributed by atoms with Crippen molar-refractivity contribution in [2.75, 3.05) is 53.4 Å². The monoisotopic (exact) mass is 391 g/mol. The minimum absolute atomic E-state index is 0.137. The summed E-state index contributed by atoms with van der Waals surface area (Å²) in [6, 6.07) is 7.69. The number of hydrogen-bond acceptors (Lipinski definition) is 3. The van der Waals surface area contributed by atoms with Crippen LogP contribution >= 0.6 is 11.6 Å². The lowest BCUT2D eigenvalue weighted by Crippen LogP contribution is -2.55. The molecule has 0 atom stereocenters. The van der Waals surface area contributed by atoms with Gasteiger partial charge in [-0.2, -0.15) is 0 Å². The smallest absolute Gasteiger partial charge is 0.242 e. The van der Waals surface area contributed by atoms with Crippen LogP contribution in [-0.2, 0) is 11.3 Å². The number of piperazine rings is 1. The second kappa shape index (κ2) is 9.42. The van der Waals surface area contributed by atoms with Gasteiger partial charge in [-0.3, -0.25) is 9.79 Å². The number of carbonyl (C=O) groups is 1. The fraction of sp³-hybridized carbons (Fsp3) is 0.600. The number of nitrogens with zero attached hydrogens (tertiary/aromatic N) is 4. The van der Waals surface area contributed by atoms with E-state index in [1.807, 2.05) is 29.2 Å². The first-order valence-electron chi connectivity index (χ1n) is 9.71. The molecule has 2 fully saturated rings. The van der Waals surface area contributed by atoms with Crippen molar-refractivity contribution in [3.63, 3.8) is 0 Å². The summed E-state index contributed by atoms with van der Waals surface area (Å²) >= 11 is 5.94. The Morgan fingerprint density at radius 2 is 1.89 bits per heavy atom. The van der Waals surface area contributed by atoms with E-state index in [-0.39, 0.29) is 5.91 Å². The van der Waals surface area contributed by atoms with Crippen LogP contribution in [0.3, 0.4) is 0 Å². The molecule has 0 saturated carbocycles. The van der Waals surface area contributed by atoms with Crippen molar-refractivity contribution in [3.8, 4) is 0 Å². The lowest BCUT2D eigenvalue weighted by atomic mass is 9.97. The quantitative estimate of drug-likeness (QED) is 0.629. The molecule has 2 heterocycles. The van der Waals surface area contributed by atoms with Crippen LogP contribution in [0, 0.1) is 5.92 Å². The molecule has 1 aromatic carbocycles. The molecule has 7 heteroatoms. The number of likely N-dealkylation sites (tertiary alicyclic amines) is 1. The van der Waals surface area contributed by atoms with E-state index in [2.05, 4.69) is 27.2 Å². The van der Waals surface area contributed by atoms with Gasteiger partial charge in [-0.05, 0) is 56.6 Å². The zero-order valence-corrected chi connectivity index (χ0v) is 17.1. The molecule has 0 aromatic heterocycles. The van der Waals surface area contributed by atoms with Crippen molar-refractivity contribution < 1.29 is 4.79 Å². The molecule has 0 radical (unpaired) electrons. The summed E-state index contributed by atoms with van der Waals surface area (Å²) in [5.74, 6) is 1.66. The van der Waals surface area contributed by atoms with Crippen LogP contribution in [0.2, 0.25) is 5.02 Å². The molecule has 6 nitrogen and oxygen atoms in total. The van der Waals surface area contributed by atoms with E-state index >= 15 is 0 Å². The zero-order chi connectivity index (χ0) is 19.2. The minimum Gasteiger partial charge on any atom is -0.356 e. The van der Waals surface area contributed by atoms with E-state index in [0.29, 0.717) is 25.6 Å². The normalized spacial score (nSPS) is 20.3. The Kier molecular flexibility index (Phi) is 6.96. The molecule has 1 aromatic rings. The van der Waals surface area contributed by atoms with E-state index in [1.165, 1.54) is 12.8 Å². The number of aliphatic imine (C=N–C) groups is 1. The fourth-order valence-corrected chi connectivity index (χ4v) is 3.83. The highest BCUT2D eigenvalue weighted by atomic mass is 35.5. The van der Waals surface area contributed by atoms with Gasteiger partial charge < -0.3 is 20.0 Å². The van der Waals surface area contributed by atoms with Crippen LogP contribution in [0.25, 0.3) is 0 Å². The first kappa shape index (κ1) is 20.0. The molecule has 0 aliphatic carbocycles. The lowest BCUT2D eigenvalue weighted by Gasteiger charge is -2.37. The van der Waals surface area contributed by atoms with Crippen molar-refractivity contribution in [2.45, 2.75) is 19.4 Å². The van der Waals surface area contributed by atoms with Gasteiger partial charge >= 0.3 is 0 Å². The number of carbonyl (C=O) groups excluding carboxylic acids is 1. The summed E-state index contributed by atoms with van der Waals surface area (Å²) < 4.78 is 0. The largest absolute Gasteiger partial charge is 0.356 e. The number of guanidine groups is 1. The van der Waals surface area contributed by atoms with Gasteiger partial charge in [0.1, 0.15) is 0 Å². The number of amides is 1. The van der Waals surface area contributed by atoms with Gasteiger partial charge in [0.05, 0.1) is 6.54 Å². The van der Waals surface area contributed by atoms with Crippen LogP contribution < -0.4 is 5.32 Å². The Morgan fingerprint density at radius 1 is 1.19 bits per heavy atom. The van der Waals surface area contributed by atoms with Crippen LogP contribution in [-0.4, -0.2) is 79.9 Å². The summed E-state index contributed by atoms with van der Waals surface area (Å²) in [7, 11) is 3.97. The molecule has 0 unspecified atom stereocenters. The van der Waals surface area contributed by atoms with E-state index in [1.54, 1.807) is 7.05 Å². The van der Waals surface area contributed by atoms with E-state index in [4.69, 9.17) is 11.6 Å². The van der Waals surface area contributed by atoms with E-state index in [0.717, 1.165) is 42.7 Å². The highest BCUT2D eigenvalue weighted by Gasteiger charge is 2.26. The number of nitrogens with one attached hydrogen (secondary N) is 1. The minimum atomic E-state index is 0.137. The summed E-state index contributed by atoms with van der Waals surface area (Å²) in [6.45, 7) is 5.76. The maximum atomic E-state index is 12.6. The summed E-state index contributed by atoms with van der Waals surface area (Å²) in [5.41, 5.74) is 1.10. The molecule has 27 heavy (non-hydrogen) atoms. The standard InChI is InChI=1S/C20H30ClN5O/c1-22-20(23-13-16-7-9-24(2)10-8-16)26-12-11-25(19(27)15-26)14-17-3-5-18(21)6-4-17/h3-6,16H,7-15H2,1-2H3,(H,22,23). The van der Waals surface area contributed by atoms with Crippen LogP contribution in [0.4, 0.5) is 0 Å². The second-order valence-corrected chi connectivity index (χ2v) is 7.97. The third-order valence-corrected chi connectivity index (χ3v) is 5.76. The highest BCUT2D eigenvalue weighted by Crippen LogP contribution is 2.16. The number of rotatable bonds is 4. The van der Waals surface area contributed by atoms with Crippen molar-refractivity contribution >= 4 is 23.5 Å². The molecule has 2 aliphatic heterocycles. The first-order chi connectivity index (χ1) is 13.0. The molecule has 148 valence electrons. The second-order valence-electron chi connectivity index (χ2n) is 7.54. The molecule has 0 bridgehead atoms. The summed E-state index contributed by atoms with van der Waals surface area (Å²) in [6.07, 6.45) is 2.43. The SMILES string of the molecule is CN=C(NCC1CCN(C)CC1)N1CCN(Cc2ccc(Cl)cc2)C(=O)C1. The molecule has 2 saturated heterocycles. The van der Waals surface area contributed by atoms with Gasteiger partial charge in [-0.1, -0.05) is 23.7 Å². The Bertz CT molecular complexity index is 655. The number of halogens is 1. The van der Waals surface area contributed by atoms with Crippen LogP contribution in [0.15, 0.2) is 29.3 Å². The van der Waals surface area contributed by atoms with Gasteiger partial charge in [0.2, 0.25) is 5.91 Å². The van der Waals surface area contributed by atoms with Gasteiger partial charge in [0.15, 0.2) is 5.96 Å². The lowest BCUT2D eigenvalue weighted by molar-refractivity contribution is -0.135. The van der Waals surface area contributed by atoms with Crippen molar-refractivity contribution in [1.82, 2.24) is 20.0 Å². The Balaban J connectivity index is 1.48. The van der Waals surface area contributed by atoms with Gasteiger partial charge in [-0.15, -0.1) is 0 Å². The van der Waals surface area contributed by atoms with Gasteiger partial charge in [-0.25, -0.2) is 0 Å². The van der Waals surface area contributed by atoms with Crippen molar-refractivity contribution in [1.29, 1.82) is 0 Å². The zero-order valence-electron chi connectivity index (χ0n) is 16.3. The van der Waals surface area contributed by atoms with Crippen LogP contribution in [0.5, 0.6) is 0 Å². The van der Waals surface area contributed by atoms with Gasteiger partial charge in [0.25, 0.3) is 0 Å². The Labute approximate surface area is 167 Å². The first-order valence-corrected chi connectivity index (χ1v) is 10.1. The average Bonchev–Trinajstić information content (AvgIpc) is 2.67. The van der Waals surface area contributed by atoms with E-state index in [9.17, 15) is 4.79 Å². The van der Waals surface area contributed by atoms with Crippen molar-refractivity contribution in [3.05, 3.63) is 34.9 Å². The fourth-order valence-electron chi connectivity index (χ4n) is 3.70. The third-order valence-electron chi connectivity index (χ3n) is 5.50. The number of hydrogen-bond donors (Lipinski definition) is 1. The summed E-state index contributed by atoms with van der Waals surface area (Å²) in [5, 5.41) is 4.20. The molecule has 1 amide bonds. The molecular formula is C20H30ClN5O. The molecular weight excluding hydrogens is 362 g/mol. The molecule has 0 spiro atoms. The Hall–Kier alpha value is -1.79. The number of benzene rings is 1. The van der Waals surface area contributed by atoms with Crippen molar-refractivity contribution in [2.24, 2.45) is 10.9 Å². The Morgan fingerprint density at radius 3 is 2.52 bits per heavy atom. The van der Waals surface area contributed by atoms with Crippen LogP contribution in [0.1, 0.15) is 18.4 Å².